The minimum absolute atomic E-state index is 0.108. The second-order valence-electron chi connectivity index (χ2n) is 3.69. The van der Waals surface area contributed by atoms with E-state index in [1.807, 2.05) is 32.8 Å². The summed E-state index contributed by atoms with van der Waals surface area (Å²) in [6.45, 7) is 3.80. The molecule has 0 saturated carbocycles. The summed E-state index contributed by atoms with van der Waals surface area (Å²) in [7, 11) is 3.76. The molecule has 0 aliphatic rings. The number of aliphatic hydroxyl groups excluding tert-OH is 1. The predicted octanol–water partition coefficient (Wildman–Crippen LogP) is 1.22. The Morgan fingerprint density at radius 1 is 1.38 bits per heavy atom. The lowest BCUT2D eigenvalue weighted by atomic mass is 9.94. The molecule has 0 rings (SSSR count). The van der Waals surface area contributed by atoms with Crippen LogP contribution in [0.5, 0.6) is 0 Å². The molecule has 0 saturated heterocycles. The van der Waals surface area contributed by atoms with Crippen molar-refractivity contribution in [1.82, 2.24) is 4.90 Å². The Labute approximate surface area is 80.3 Å². The molecule has 0 aliphatic carbocycles. The van der Waals surface area contributed by atoms with Gasteiger partial charge in [-0.1, -0.05) is 13.8 Å². The van der Waals surface area contributed by atoms with Crippen molar-refractivity contribution in [2.24, 2.45) is 11.8 Å². The molecule has 0 aliphatic heterocycles. The van der Waals surface area contributed by atoms with Crippen molar-refractivity contribution in [2.45, 2.75) is 20.0 Å². The Hall–Kier alpha value is -1.01. The molecule has 13 heavy (non-hydrogen) atoms. The van der Waals surface area contributed by atoms with Gasteiger partial charge < -0.3 is 10.0 Å². The first-order valence-electron chi connectivity index (χ1n) is 4.41. The Morgan fingerprint density at radius 2 is 1.92 bits per heavy atom. The molecule has 0 aromatic carbocycles. The third-order valence-electron chi connectivity index (χ3n) is 1.79. The van der Waals surface area contributed by atoms with Crippen LogP contribution in [0.25, 0.3) is 0 Å². The lowest BCUT2D eigenvalue weighted by molar-refractivity contribution is 0.103. The molecule has 1 N–H and O–H groups in total. The van der Waals surface area contributed by atoms with Crippen LogP contribution in [0.4, 0.5) is 0 Å². The number of aliphatic hydroxyl groups is 1. The van der Waals surface area contributed by atoms with E-state index in [1.165, 1.54) is 0 Å². The quantitative estimate of drug-likeness (QED) is 0.711. The highest BCUT2D eigenvalue weighted by Crippen LogP contribution is 2.13. The van der Waals surface area contributed by atoms with E-state index in [1.54, 1.807) is 12.3 Å². The standard InChI is InChI=1S/C10H18N2O/c1-8(2)10(13)9(7-11)5-6-12(3)4/h5-6,8-10,13H,1-4H3/b6-5+. The molecule has 0 fully saturated rings. The SMILES string of the molecule is CC(C)C(O)C(C#N)/C=C/N(C)C. The van der Waals surface area contributed by atoms with Crippen LogP contribution >= 0.6 is 0 Å². The zero-order valence-corrected chi connectivity index (χ0v) is 8.73. The number of nitriles is 1. The van der Waals surface area contributed by atoms with E-state index in [9.17, 15) is 5.11 Å². The number of rotatable bonds is 4. The molecule has 0 aromatic heterocycles. The van der Waals surface area contributed by atoms with Gasteiger partial charge in [-0.2, -0.15) is 5.26 Å². The Balaban J connectivity index is 4.28. The fourth-order valence-electron chi connectivity index (χ4n) is 0.913. The maximum absolute atomic E-state index is 9.61. The second kappa shape index (κ2) is 5.60. The number of nitrogens with zero attached hydrogens (tertiary/aromatic N) is 2. The van der Waals surface area contributed by atoms with Gasteiger partial charge in [-0.05, 0) is 18.2 Å². The van der Waals surface area contributed by atoms with Crippen LogP contribution < -0.4 is 0 Å². The summed E-state index contributed by atoms with van der Waals surface area (Å²) in [5, 5.41) is 18.4. The minimum atomic E-state index is -0.582. The van der Waals surface area contributed by atoms with E-state index in [0.717, 1.165) is 0 Å². The van der Waals surface area contributed by atoms with Gasteiger partial charge in [0.05, 0.1) is 18.1 Å². The summed E-state index contributed by atoms with van der Waals surface area (Å²) in [6, 6.07) is 2.08. The zero-order valence-electron chi connectivity index (χ0n) is 8.73. The molecule has 0 bridgehead atoms. The fourth-order valence-corrected chi connectivity index (χ4v) is 0.913. The van der Waals surface area contributed by atoms with Crippen LogP contribution in [0.2, 0.25) is 0 Å². The van der Waals surface area contributed by atoms with Gasteiger partial charge in [0.15, 0.2) is 0 Å². The average Bonchev–Trinajstić information content (AvgIpc) is 2.04. The third-order valence-corrected chi connectivity index (χ3v) is 1.79. The van der Waals surface area contributed by atoms with Crippen molar-refractivity contribution < 1.29 is 5.11 Å². The van der Waals surface area contributed by atoms with E-state index in [0.29, 0.717) is 0 Å². The predicted molar refractivity (Wildman–Crippen MR) is 52.8 cm³/mol. The van der Waals surface area contributed by atoms with Crippen molar-refractivity contribution >= 4 is 0 Å². The molecular formula is C10H18N2O. The van der Waals surface area contributed by atoms with Crippen molar-refractivity contribution in [1.29, 1.82) is 5.26 Å². The summed E-state index contributed by atoms with van der Waals surface area (Å²) < 4.78 is 0. The molecule has 0 heterocycles. The normalized spacial score (nSPS) is 15.8. The molecule has 0 radical (unpaired) electrons. The maximum atomic E-state index is 9.61. The van der Waals surface area contributed by atoms with E-state index in [2.05, 4.69) is 6.07 Å². The highest BCUT2D eigenvalue weighted by molar-refractivity contribution is 5.03. The van der Waals surface area contributed by atoms with Crippen molar-refractivity contribution in [3.05, 3.63) is 12.3 Å². The first-order valence-corrected chi connectivity index (χ1v) is 4.41. The summed E-state index contributed by atoms with van der Waals surface area (Å²) >= 11 is 0. The number of hydrogen-bond acceptors (Lipinski definition) is 3. The van der Waals surface area contributed by atoms with Crippen LogP contribution in [0, 0.1) is 23.2 Å². The molecule has 2 unspecified atom stereocenters. The summed E-state index contributed by atoms with van der Waals surface area (Å²) in [5.74, 6) is -0.307. The largest absolute Gasteiger partial charge is 0.391 e. The molecule has 3 heteroatoms. The highest BCUT2D eigenvalue weighted by Gasteiger charge is 2.18. The van der Waals surface area contributed by atoms with Crippen LogP contribution in [0.3, 0.4) is 0 Å². The van der Waals surface area contributed by atoms with Crippen molar-refractivity contribution in [3.63, 3.8) is 0 Å². The van der Waals surface area contributed by atoms with E-state index in [-0.39, 0.29) is 5.92 Å². The topological polar surface area (TPSA) is 47.3 Å². The average molecular weight is 182 g/mol. The highest BCUT2D eigenvalue weighted by atomic mass is 16.3. The van der Waals surface area contributed by atoms with Gasteiger partial charge in [-0.25, -0.2) is 0 Å². The lowest BCUT2D eigenvalue weighted by Gasteiger charge is -2.17. The van der Waals surface area contributed by atoms with Gasteiger partial charge in [-0.3, -0.25) is 0 Å². The molecule has 2 atom stereocenters. The molecular weight excluding hydrogens is 164 g/mol. The van der Waals surface area contributed by atoms with Gasteiger partial charge in [-0.15, -0.1) is 0 Å². The van der Waals surface area contributed by atoms with Gasteiger partial charge in [0.2, 0.25) is 0 Å². The number of hydrogen-bond donors (Lipinski definition) is 1. The molecule has 3 nitrogen and oxygen atoms in total. The summed E-state index contributed by atoms with van der Waals surface area (Å²) in [4.78, 5) is 1.84. The Morgan fingerprint density at radius 3 is 2.23 bits per heavy atom. The smallest absolute Gasteiger partial charge is 0.0922 e. The van der Waals surface area contributed by atoms with Crippen LogP contribution in [-0.4, -0.2) is 30.2 Å². The Kier molecular flexibility index (Phi) is 5.17. The van der Waals surface area contributed by atoms with Crippen LogP contribution in [-0.2, 0) is 0 Å². The first kappa shape index (κ1) is 12.0. The third kappa shape index (κ3) is 4.54. The first-order chi connectivity index (χ1) is 5.99. The van der Waals surface area contributed by atoms with Gasteiger partial charge in [0.1, 0.15) is 0 Å². The molecule has 74 valence electrons. The lowest BCUT2D eigenvalue weighted by Crippen LogP contribution is -2.23. The van der Waals surface area contributed by atoms with Gasteiger partial charge in [0.25, 0.3) is 0 Å². The van der Waals surface area contributed by atoms with E-state index >= 15 is 0 Å². The van der Waals surface area contributed by atoms with E-state index in [4.69, 9.17) is 5.26 Å². The van der Waals surface area contributed by atoms with Crippen LogP contribution in [0.15, 0.2) is 12.3 Å². The van der Waals surface area contributed by atoms with E-state index < -0.39 is 12.0 Å². The minimum Gasteiger partial charge on any atom is -0.391 e. The van der Waals surface area contributed by atoms with Crippen LogP contribution in [0.1, 0.15) is 13.8 Å². The van der Waals surface area contributed by atoms with Crippen molar-refractivity contribution in [2.75, 3.05) is 14.1 Å². The monoisotopic (exact) mass is 182 g/mol. The summed E-state index contributed by atoms with van der Waals surface area (Å²) in [5.41, 5.74) is 0. The van der Waals surface area contributed by atoms with Gasteiger partial charge >= 0.3 is 0 Å². The molecule has 0 spiro atoms. The molecule has 0 aromatic rings. The zero-order chi connectivity index (χ0) is 10.4. The summed E-state index contributed by atoms with van der Waals surface area (Å²) in [6.07, 6.45) is 2.94. The Bertz CT molecular complexity index is 203. The maximum Gasteiger partial charge on any atom is 0.0922 e. The second-order valence-corrected chi connectivity index (χ2v) is 3.69. The fraction of sp³-hybridized carbons (Fsp3) is 0.700. The molecule has 0 amide bonds. The van der Waals surface area contributed by atoms with Crippen molar-refractivity contribution in [3.8, 4) is 6.07 Å². The van der Waals surface area contributed by atoms with Gasteiger partial charge in [0, 0.05) is 14.1 Å².